The molecule has 0 unspecified atom stereocenters. The third-order valence-electron chi connectivity index (χ3n) is 6.06. The number of rotatable bonds is 5. The molecule has 1 aromatic heterocycles. The van der Waals surface area contributed by atoms with Crippen molar-refractivity contribution in [2.24, 2.45) is 14.1 Å². The van der Waals surface area contributed by atoms with Crippen LogP contribution in [0.1, 0.15) is 24.8 Å². The number of hydrogen-bond donors (Lipinski definition) is 3. The SMILES string of the molecule is COc1ccc(O)c(CNC(=O)Nc2cc3c(cc2N2CCCCC2)n(C)c(=O)n3C)c1. The third-order valence-corrected chi connectivity index (χ3v) is 6.06. The number of fused-ring (bicyclic) bond motifs is 1. The van der Waals surface area contributed by atoms with E-state index in [4.69, 9.17) is 4.74 Å². The molecule has 2 amide bonds. The van der Waals surface area contributed by atoms with Crippen molar-refractivity contribution >= 4 is 28.4 Å². The summed E-state index contributed by atoms with van der Waals surface area (Å²) in [7, 11) is 5.02. The van der Waals surface area contributed by atoms with Crippen LogP contribution in [0.15, 0.2) is 35.1 Å². The zero-order chi connectivity index (χ0) is 22.8. The quantitative estimate of drug-likeness (QED) is 0.568. The van der Waals surface area contributed by atoms with Gasteiger partial charge < -0.3 is 25.4 Å². The summed E-state index contributed by atoms with van der Waals surface area (Å²) in [6.45, 7) is 1.94. The predicted octanol–water partition coefficient (Wildman–Crippen LogP) is 2.90. The third kappa shape index (κ3) is 4.10. The van der Waals surface area contributed by atoms with Gasteiger partial charge >= 0.3 is 11.7 Å². The number of carbonyl (C=O) groups excluding carboxylic acids is 1. The van der Waals surface area contributed by atoms with Gasteiger partial charge in [-0.15, -0.1) is 0 Å². The van der Waals surface area contributed by atoms with E-state index in [-0.39, 0.29) is 18.0 Å². The first-order valence-corrected chi connectivity index (χ1v) is 10.7. The van der Waals surface area contributed by atoms with Gasteiger partial charge in [-0.25, -0.2) is 9.59 Å². The highest BCUT2D eigenvalue weighted by Gasteiger charge is 2.20. The molecule has 1 fully saturated rings. The minimum absolute atomic E-state index is 0.0841. The van der Waals surface area contributed by atoms with Gasteiger partial charge in [-0.05, 0) is 49.6 Å². The van der Waals surface area contributed by atoms with Crippen molar-refractivity contribution in [2.75, 3.05) is 30.4 Å². The Morgan fingerprint density at radius 3 is 2.44 bits per heavy atom. The molecule has 1 aliphatic heterocycles. The summed E-state index contributed by atoms with van der Waals surface area (Å²) >= 11 is 0. The predicted molar refractivity (Wildman–Crippen MR) is 125 cm³/mol. The first kappa shape index (κ1) is 21.6. The Hall–Kier alpha value is -3.62. The van der Waals surface area contributed by atoms with E-state index in [0.717, 1.165) is 42.7 Å². The van der Waals surface area contributed by atoms with Crippen molar-refractivity contribution in [3.05, 3.63) is 46.4 Å². The Bertz CT molecular complexity index is 1210. The highest BCUT2D eigenvalue weighted by molar-refractivity contribution is 5.98. The first-order valence-electron chi connectivity index (χ1n) is 10.7. The molecular formula is C23H29N5O4. The number of methoxy groups -OCH3 is 1. The monoisotopic (exact) mass is 439 g/mol. The Morgan fingerprint density at radius 1 is 1.06 bits per heavy atom. The van der Waals surface area contributed by atoms with Gasteiger partial charge in [-0.1, -0.05) is 0 Å². The molecule has 2 heterocycles. The molecule has 4 rings (SSSR count). The van der Waals surface area contributed by atoms with E-state index < -0.39 is 6.03 Å². The van der Waals surface area contributed by atoms with E-state index in [0.29, 0.717) is 17.0 Å². The number of aryl methyl sites for hydroxylation is 2. The lowest BCUT2D eigenvalue weighted by molar-refractivity contribution is 0.251. The normalized spacial score (nSPS) is 13.9. The van der Waals surface area contributed by atoms with Gasteiger partial charge in [-0.2, -0.15) is 0 Å². The fraction of sp³-hybridized carbons (Fsp3) is 0.391. The largest absolute Gasteiger partial charge is 0.508 e. The summed E-state index contributed by atoms with van der Waals surface area (Å²) in [5.41, 5.74) is 3.56. The highest BCUT2D eigenvalue weighted by atomic mass is 16.5. The van der Waals surface area contributed by atoms with Crippen LogP contribution in [0.5, 0.6) is 11.5 Å². The average Bonchev–Trinajstić information content (AvgIpc) is 3.02. The Kier molecular flexibility index (Phi) is 5.98. The summed E-state index contributed by atoms with van der Waals surface area (Å²) in [5.74, 6) is 0.684. The topological polar surface area (TPSA) is 101 Å². The number of nitrogens with zero attached hydrogens (tertiary/aromatic N) is 3. The molecule has 0 spiro atoms. The van der Waals surface area contributed by atoms with E-state index in [1.807, 2.05) is 12.1 Å². The number of aromatic nitrogens is 2. The minimum Gasteiger partial charge on any atom is -0.508 e. The van der Waals surface area contributed by atoms with Crippen LogP contribution in [0.2, 0.25) is 0 Å². The van der Waals surface area contributed by atoms with Crippen LogP contribution >= 0.6 is 0 Å². The molecule has 3 N–H and O–H groups in total. The second-order valence-corrected chi connectivity index (χ2v) is 8.11. The van der Waals surface area contributed by atoms with Gasteiger partial charge in [-0.3, -0.25) is 9.13 Å². The van der Waals surface area contributed by atoms with Crippen LogP contribution in [0.4, 0.5) is 16.2 Å². The van der Waals surface area contributed by atoms with Crippen LogP contribution in [0.25, 0.3) is 11.0 Å². The number of imidazole rings is 1. The summed E-state index contributed by atoms with van der Waals surface area (Å²) < 4.78 is 8.38. The maximum atomic E-state index is 12.8. The zero-order valence-corrected chi connectivity index (χ0v) is 18.6. The lowest BCUT2D eigenvalue weighted by Crippen LogP contribution is -2.32. The molecule has 0 radical (unpaired) electrons. The van der Waals surface area contributed by atoms with E-state index in [1.54, 1.807) is 42.5 Å². The molecule has 9 nitrogen and oxygen atoms in total. The van der Waals surface area contributed by atoms with Crippen molar-refractivity contribution < 1.29 is 14.6 Å². The highest BCUT2D eigenvalue weighted by Crippen LogP contribution is 2.33. The van der Waals surface area contributed by atoms with Gasteiger partial charge in [0.05, 0.1) is 29.5 Å². The standard InChI is InChI=1S/C23H29N5O4/c1-26-19-12-17(25-22(30)24-14-15-11-16(32-3)7-8-21(15)29)18(28-9-5-4-6-10-28)13-20(19)27(2)23(26)31/h7-8,11-13,29H,4-6,9-10,14H2,1-3H3,(H2,24,25,30). The molecule has 1 aliphatic rings. The lowest BCUT2D eigenvalue weighted by Gasteiger charge is -2.30. The number of phenols is 1. The van der Waals surface area contributed by atoms with Crippen LogP contribution < -0.4 is 26.0 Å². The van der Waals surface area contributed by atoms with Gasteiger partial charge in [0.15, 0.2) is 0 Å². The Labute approximate surface area is 186 Å². The van der Waals surface area contributed by atoms with E-state index >= 15 is 0 Å². The number of aromatic hydroxyl groups is 1. The average molecular weight is 440 g/mol. The van der Waals surface area contributed by atoms with E-state index in [9.17, 15) is 14.7 Å². The lowest BCUT2D eigenvalue weighted by atomic mass is 10.1. The summed E-state index contributed by atoms with van der Waals surface area (Å²) in [6, 6.07) is 8.30. The minimum atomic E-state index is -0.397. The smallest absolute Gasteiger partial charge is 0.328 e. The number of hydrogen-bond acceptors (Lipinski definition) is 5. The number of carbonyl (C=O) groups is 1. The summed E-state index contributed by atoms with van der Waals surface area (Å²) in [4.78, 5) is 27.4. The van der Waals surface area contributed by atoms with Gasteiger partial charge in [0, 0.05) is 39.3 Å². The number of nitrogens with one attached hydrogen (secondary N) is 2. The molecule has 9 heteroatoms. The fourth-order valence-electron chi connectivity index (χ4n) is 4.20. The van der Waals surface area contributed by atoms with Crippen molar-refractivity contribution in [1.29, 1.82) is 0 Å². The second kappa shape index (κ2) is 8.86. The van der Waals surface area contributed by atoms with Crippen molar-refractivity contribution in [2.45, 2.75) is 25.8 Å². The van der Waals surface area contributed by atoms with Crippen LogP contribution in [0, 0.1) is 0 Å². The Morgan fingerprint density at radius 2 is 1.75 bits per heavy atom. The number of ether oxygens (including phenoxy) is 1. The zero-order valence-electron chi connectivity index (χ0n) is 18.6. The summed E-state index contributed by atoms with van der Waals surface area (Å²) in [5, 5.41) is 15.8. The van der Waals surface area contributed by atoms with Crippen LogP contribution in [-0.2, 0) is 20.6 Å². The second-order valence-electron chi connectivity index (χ2n) is 8.11. The molecule has 1 saturated heterocycles. The number of piperidine rings is 1. The van der Waals surface area contributed by atoms with Crippen LogP contribution in [-0.4, -0.2) is 40.5 Å². The van der Waals surface area contributed by atoms with E-state index in [2.05, 4.69) is 15.5 Å². The molecule has 0 bridgehead atoms. The van der Waals surface area contributed by atoms with E-state index in [1.165, 1.54) is 12.5 Å². The number of urea groups is 1. The fourth-order valence-corrected chi connectivity index (χ4v) is 4.20. The molecule has 170 valence electrons. The number of phenolic OH excluding ortho intramolecular Hbond substituents is 1. The molecule has 32 heavy (non-hydrogen) atoms. The molecule has 0 aliphatic carbocycles. The molecule has 3 aromatic rings. The molecule has 2 aromatic carbocycles. The van der Waals surface area contributed by atoms with Gasteiger partial charge in [0.1, 0.15) is 11.5 Å². The Balaban J connectivity index is 1.61. The van der Waals surface area contributed by atoms with Crippen molar-refractivity contribution in [1.82, 2.24) is 14.5 Å². The number of anilines is 2. The first-order chi connectivity index (χ1) is 15.4. The molecule has 0 saturated carbocycles. The maximum Gasteiger partial charge on any atom is 0.328 e. The van der Waals surface area contributed by atoms with Gasteiger partial charge in [0.2, 0.25) is 0 Å². The molecular weight excluding hydrogens is 410 g/mol. The van der Waals surface area contributed by atoms with Crippen molar-refractivity contribution in [3.63, 3.8) is 0 Å². The van der Waals surface area contributed by atoms with Crippen LogP contribution in [0.3, 0.4) is 0 Å². The van der Waals surface area contributed by atoms with Crippen molar-refractivity contribution in [3.8, 4) is 11.5 Å². The molecule has 0 atom stereocenters. The number of benzene rings is 2. The van der Waals surface area contributed by atoms with Gasteiger partial charge in [0.25, 0.3) is 0 Å². The maximum absolute atomic E-state index is 12.8. The summed E-state index contributed by atoms with van der Waals surface area (Å²) in [6.07, 6.45) is 3.37. The number of amides is 2.